The first-order valence-electron chi connectivity index (χ1n) is 10.9. The fraction of sp³-hybridized carbons (Fsp3) is 0.240. The summed E-state index contributed by atoms with van der Waals surface area (Å²) >= 11 is 0. The maximum atomic E-state index is 12.8. The summed E-state index contributed by atoms with van der Waals surface area (Å²) in [5.74, 6) is -2.34. The molecule has 0 spiro atoms. The minimum atomic E-state index is -4.59. The van der Waals surface area contributed by atoms with Crippen molar-refractivity contribution in [2.75, 3.05) is 11.9 Å². The summed E-state index contributed by atoms with van der Waals surface area (Å²) in [5, 5.41) is 28.3. The molecule has 0 aliphatic rings. The molecule has 0 saturated carbocycles. The van der Waals surface area contributed by atoms with E-state index < -0.39 is 54.2 Å². The van der Waals surface area contributed by atoms with E-state index in [1.54, 1.807) is 30.3 Å². The van der Waals surface area contributed by atoms with E-state index in [-0.39, 0.29) is 81.6 Å². The van der Waals surface area contributed by atoms with Crippen LogP contribution in [0, 0.1) is 6.92 Å². The molecule has 1 atom stereocenters. The fourth-order valence-corrected chi connectivity index (χ4v) is 3.61. The molecule has 2 amide bonds. The zero-order valence-electron chi connectivity index (χ0n) is 21.7. The van der Waals surface area contributed by atoms with Gasteiger partial charge in [0.1, 0.15) is 11.4 Å². The molecule has 39 heavy (non-hydrogen) atoms. The van der Waals surface area contributed by atoms with E-state index in [0.717, 1.165) is 4.57 Å². The number of nitrogens with one attached hydrogen (secondary N) is 2. The molecule has 0 saturated heterocycles. The summed E-state index contributed by atoms with van der Waals surface area (Å²) in [5.41, 5.74) is -0.171. The van der Waals surface area contributed by atoms with Crippen LogP contribution in [0.15, 0.2) is 59.5 Å². The van der Waals surface area contributed by atoms with Crippen LogP contribution in [0.25, 0.3) is 11.1 Å². The predicted molar refractivity (Wildman–Crippen MR) is 124 cm³/mol. The van der Waals surface area contributed by atoms with E-state index in [9.17, 15) is 37.8 Å². The Labute approximate surface area is 266 Å². The first-order valence-corrected chi connectivity index (χ1v) is 10.9. The van der Waals surface area contributed by atoms with E-state index in [2.05, 4.69) is 10.6 Å². The van der Waals surface area contributed by atoms with Gasteiger partial charge in [0.05, 0.1) is 6.04 Å². The van der Waals surface area contributed by atoms with Gasteiger partial charge in [-0.05, 0) is 35.7 Å². The van der Waals surface area contributed by atoms with Crippen LogP contribution < -0.4 is 90.3 Å². The molecule has 1 aromatic heterocycles. The van der Waals surface area contributed by atoms with Gasteiger partial charge in [0.15, 0.2) is 6.61 Å². The summed E-state index contributed by atoms with van der Waals surface area (Å²) in [6.45, 7) is -0.0877. The number of hydrogen-bond acceptors (Lipinski definition) is 6. The van der Waals surface area contributed by atoms with Crippen molar-refractivity contribution < 1.29 is 96.8 Å². The monoisotopic (exact) mass is 563 g/mol. The summed E-state index contributed by atoms with van der Waals surface area (Å²) in [4.78, 5) is 36.4. The number of halogens is 3. The number of aryl methyl sites for hydroxylation is 2. The Balaban J connectivity index is 0.00000380. The number of aromatic nitrogens is 1. The molecule has 9 nitrogen and oxygen atoms in total. The molecular formula is C25H22F3N3Na2O6. The molecule has 14 heteroatoms. The Hall–Kier alpha value is -2.48. The summed E-state index contributed by atoms with van der Waals surface area (Å²) in [6.07, 6.45) is -3.99. The van der Waals surface area contributed by atoms with Crippen molar-refractivity contribution >= 4 is 17.7 Å². The molecular weight excluding hydrogens is 541 g/mol. The molecule has 3 aromatic rings. The van der Waals surface area contributed by atoms with Gasteiger partial charge in [-0.1, -0.05) is 42.1 Å². The van der Waals surface area contributed by atoms with Gasteiger partial charge >= 0.3 is 71.3 Å². The number of hydrogen-bond donors (Lipinski definition) is 2. The molecule has 196 valence electrons. The number of nitrogens with zero attached hydrogens (tertiary/aromatic N) is 1. The van der Waals surface area contributed by atoms with Crippen molar-refractivity contribution in [3.63, 3.8) is 0 Å². The summed E-state index contributed by atoms with van der Waals surface area (Å²) < 4.78 is 44.3. The molecule has 0 aliphatic carbocycles. The molecule has 0 fully saturated rings. The van der Waals surface area contributed by atoms with Crippen LogP contribution in [0.5, 0.6) is 11.5 Å². The number of pyridine rings is 1. The number of carboxylic acids is 1. The molecule has 2 aromatic carbocycles. The second-order valence-electron chi connectivity index (χ2n) is 8.18. The normalized spacial score (nSPS) is 11.4. The first-order chi connectivity index (χ1) is 17.4. The Kier molecular flexibility index (Phi) is 13.1. The first kappa shape index (κ1) is 34.5. The second-order valence-corrected chi connectivity index (χ2v) is 8.18. The van der Waals surface area contributed by atoms with E-state index in [4.69, 9.17) is 4.74 Å². The number of urea groups is 1. The average Bonchev–Trinajstić information content (AvgIpc) is 2.83. The van der Waals surface area contributed by atoms with E-state index in [1.165, 1.54) is 38.4 Å². The van der Waals surface area contributed by atoms with Crippen LogP contribution >= 0.6 is 0 Å². The van der Waals surface area contributed by atoms with Gasteiger partial charge in [0.25, 0.3) is 5.56 Å². The minimum absolute atomic E-state index is 0. The minimum Gasteiger partial charge on any atom is -0.871 e. The van der Waals surface area contributed by atoms with E-state index >= 15 is 0 Å². The number of aliphatic carboxylic acids is 1. The molecule has 2 N–H and O–H groups in total. The van der Waals surface area contributed by atoms with Gasteiger partial charge < -0.3 is 34.9 Å². The average molecular weight is 563 g/mol. The molecule has 3 rings (SSSR count). The van der Waals surface area contributed by atoms with Crippen molar-refractivity contribution in [2.24, 2.45) is 7.05 Å². The van der Waals surface area contributed by atoms with Crippen LogP contribution in [0.2, 0.25) is 0 Å². The number of amides is 2. The maximum absolute atomic E-state index is 12.8. The number of anilines is 1. The van der Waals surface area contributed by atoms with Crippen molar-refractivity contribution in [1.29, 1.82) is 0 Å². The molecule has 1 heterocycles. The second kappa shape index (κ2) is 14.8. The number of carbonyl (C=O) groups excluding carboxylic acids is 2. The van der Waals surface area contributed by atoms with Crippen LogP contribution in [0.1, 0.15) is 23.6 Å². The van der Waals surface area contributed by atoms with Gasteiger partial charge in [0, 0.05) is 31.2 Å². The van der Waals surface area contributed by atoms with Gasteiger partial charge in [-0.3, -0.25) is 4.79 Å². The third kappa shape index (κ3) is 9.59. The predicted octanol–water partition coefficient (Wildman–Crippen LogP) is -3.61. The standard InChI is InChI=1S/C25H24F3N3O6.2Na/c1-14-12-31(2)23(35)21(22(14)34)30-24(36)29-18(11-20(32)33)16-8-9-19(37-13-25(26,27)28)17(10-16)15-6-4-3-5-7-15;;/h3-10,12,18,34H,11,13H2,1-2H3,(H,32,33)(H2,29,30,36);;/q;2*+1/p-2. The van der Waals surface area contributed by atoms with Crippen LogP contribution in [-0.2, 0) is 11.8 Å². The Morgan fingerprint density at radius 1 is 1.10 bits per heavy atom. The largest absolute Gasteiger partial charge is 1.00 e. The van der Waals surface area contributed by atoms with Crippen molar-refractivity contribution in [3.05, 3.63) is 76.2 Å². The third-order valence-corrected chi connectivity index (χ3v) is 5.30. The van der Waals surface area contributed by atoms with Crippen LogP contribution in [0.4, 0.5) is 23.7 Å². The number of ether oxygens (including phenoxy) is 1. The fourth-order valence-electron chi connectivity index (χ4n) is 3.61. The number of carboxylic acid groups (broad SMARTS) is 1. The Morgan fingerprint density at radius 3 is 2.33 bits per heavy atom. The number of alkyl halides is 3. The molecule has 0 aliphatic heterocycles. The van der Waals surface area contributed by atoms with E-state index in [1.807, 2.05) is 0 Å². The van der Waals surface area contributed by atoms with Gasteiger partial charge in [-0.15, -0.1) is 0 Å². The number of carbonyl (C=O) groups is 2. The molecule has 1 unspecified atom stereocenters. The smallest absolute Gasteiger partial charge is 0.871 e. The zero-order valence-corrected chi connectivity index (χ0v) is 25.7. The summed E-state index contributed by atoms with van der Waals surface area (Å²) in [7, 11) is 1.39. The third-order valence-electron chi connectivity index (χ3n) is 5.30. The van der Waals surface area contributed by atoms with Crippen molar-refractivity contribution in [3.8, 4) is 22.6 Å². The Morgan fingerprint density at radius 2 is 1.74 bits per heavy atom. The van der Waals surface area contributed by atoms with Crippen molar-refractivity contribution in [1.82, 2.24) is 9.88 Å². The number of benzene rings is 2. The van der Waals surface area contributed by atoms with E-state index in [0.29, 0.717) is 5.56 Å². The Bertz CT molecular complexity index is 1370. The maximum Gasteiger partial charge on any atom is 1.00 e. The molecule has 0 radical (unpaired) electrons. The van der Waals surface area contributed by atoms with Crippen molar-refractivity contribution in [2.45, 2.75) is 25.6 Å². The quantitative estimate of drug-likeness (QED) is 0.272. The van der Waals surface area contributed by atoms with Crippen LogP contribution in [0.3, 0.4) is 0 Å². The van der Waals surface area contributed by atoms with Gasteiger partial charge in [-0.2, -0.15) is 13.2 Å². The van der Waals surface area contributed by atoms with Crippen LogP contribution in [-0.4, -0.2) is 29.4 Å². The zero-order chi connectivity index (χ0) is 27.3. The summed E-state index contributed by atoms with van der Waals surface area (Å²) in [6, 6.07) is 9.92. The van der Waals surface area contributed by atoms with Gasteiger partial charge in [-0.25, -0.2) is 4.79 Å². The number of rotatable bonds is 8. The SMILES string of the molecule is Cc1cn(C)c(=O)c(NC(=O)NC(CC(=O)[O-])c2ccc(OCC(F)(F)F)c(-c3ccccc3)c2)c1[O-].[Na+].[Na+]. The van der Waals surface area contributed by atoms with Gasteiger partial charge in [0.2, 0.25) is 0 Å². The topological polar surface area (TPSA) is 136 Å². The molecule has 0 bridgehead atoms.